The Balaban J connectivity index is 2.10. The average molecular weight is 292 g/mol. The van der Waals surface area contributed by atoms with E-state index in [9.17, 15) is 5.11 Å². The highest BCUT2D eigenvalue weighted by molar-refractivity contribution is 9.10. The van der Waals surface area contributed by atoms with Crippen molar-refractivity contribution in [3.05, 3.63) is 21.8 Å². The van der Waals surface area contributed by atoms with Gasteiger partial charge in [0.1, 0.15) is 5.82 Å². The van der Waals surface area contributed by atoms with Gasteiger partial charge in [0.05, 0.1) is 17.2 Å². The monoisotopic (exact) mass is 290 g/mol. The summed E-state index contributed by atoms with van der Waals surface area (Å²) in [6, 6.07) is 1.87. The van der Waals surface area contributed by atoms with Crippen LogP contribution in [0.2, 0.25) is 5.02 Å². The molecule has 0 radical (unpaired) electrons. The lowest BCUT2D eigenvalue weighted by molar-refractivity contribution is 0.171. The Labute approximate surface area is 102 Å². The smallest absolute Gasteiger partial charge is 0.145 e. The topological polar surface area (TPSA) is 45.1 Å². The molecule has 15 heavy (non-hydrogen) atoms. The number of rotatable bonds is 2. The molecule has 5 heteroatoms. The van der Waals surface area contributed by atoms with Gasteiger partial charge in [0.25, 0.3) is 0 Å². The molecule has 0 spiro atoms. The second kappa shape index (κ2) is 4.68. The fourth-order valence-corrected chi connectivity index (χ4v) is 2.49. The van der Waals surface area contributed by atoms with E-state index in [0.717, 1.165) is 23.7 Å². The Morgan fingerprint density at radius 3 is 2.93 bits per heavy atom. The number of halogens is 2. The van der Waals surface area contributed by atoms with Crippen LogP contribution in [-0.4, -0.2) is 22.2 Å². The highest BCUT2D eigenvalue weighted by Crippen LogP contribution is 2.27. The highest BCUT2D eigenvalue weighted by Gasteiger charge is 2.25. The summed E-state index contributed by atoms with van der Waals surface area (Å²) in [5, 5.41) is 13.4. The van der Waals surface area contributed by atoms with Crippen LogP contribution in [0, 0.1) is 0 Å². The maximum absolute atomic E-state index is 9.65. The van der Waals surface area contributed by atoms with Gasteiger partial charge in [0.15, 0.2) is 0 Å². The van der Waals surface area contributed by atoms with Crippen molar-refractivity contribution >= 4 is 33.3 Å². The van der Waals surface area contributed by atoms with Gasteiger partial charge in [-0.25, -0.2) is 4.98 Å². The van der Waals surface area contributed by atoms with Crippen molar-refractivity contribution in [2.24, 2.45) is 0 Å². The van der Waals surface area contributed by atoms with Gasteiger partial charge in [-0.05, 0) is 41.3 Å². The van der Waals surface area contributed by atoms with Gasteiger partial charge < -0.3 is 10.4 Å². The Morgan fingerprint density at radius 1 is 1.53 bits per heavy atom. The molecule has 1 heterocycles. The van der Waals surface area contributed by atoms with E-state index in [1.54, 1.807) is 12.3 Å². The lowest BCUT2D eigenvalue weighted by Gasteiger charge is -2.17. The van der Waals surface area contributed by atoms with Crippen molar-refractivity contribution in [3.8, 4) is 0 Å². The molecular formula is C10H12BrClN2O. The van der Waals surface area contributed by atoms with Crippen LogP contribution in [0.5, 0.6) is 0 Å². The highest BCUT2D eigenvalue weighted by atomic mass is 79.9. The largest absolute Gasteiger partial charge is 0.391 e. The molecule has 1 aliphatic carbocycles. The fraction of sp³-hybridized carbons (Fsp3) is 0.500. The van der Waals surface area contributed by atoms with Crippen molar-refractivity contribution in [1.29, 1.82) is 0 Å². The number of anilines is 1. The van der Waals surface area contributed by atoms with Gasteiger partial charge in [-0.15, -0.1) is 0 Å². The van der Waals surface area contributed by atoms with Gasteiger partial charge >= 0.3 is 0 Å². The number of nitrogens with zero attached hydrogens (tertiary/aromatic N) is 1. The molecule has 0 amide bonds. The predicted octanol–water partition coefficient (Wildman–Crippen LogP) is 2.82. The number of hydrogen-bond acceptors (Lipinski definition) is 3. The summed E-state index contributed by atoms with van der Waals surface area (Å²) >= 11 is 9.32. The Bertz CT molecular complexity index is 361. The fourth-order valence-electron chi connectivity index (χ4n) is 1.81. The summed E-state index contributed by atoms with van der Waals surface area (Å²) in [5.41, 5.74) is 0. The standard InChI is InChI=1S/C10H12BrClN2O/c11-6-4-7(12)10(13-5-6)14-8-2-1-3-9(8)15/h4-5,8-9,15H,1-3H2,(H,13,14). The summed E-state index contributed by atoms with van der Waals surface area (Å²) in [4.78, 5) is 4.17. The number of aromatic nitrogens is 1. The van der Waals surface area contributed by atoms with E-state index in [-0.39, 0.29) is 12.1 Å². The minimum atomic E-state index is -0.286. The quantitative estimate of drug-likeness (QED) is 0.881. The first kappa shape index (κ1) is 11.2. The van der Waals surface area contributed by atoms with Gasteiger partial charge in [-0.1, -0.05) is 11.6 Å². The first-order chi connectivity index (χ1) is 7.16. The zero-order chi connectivity index (χ0) is 10.8. The average Bonchev–Trinajstić information content (AvgIpc) is 2.57. The lowest BCUT2D eigenvalue weighted by Crippen LogP contribution is -2.28. The molecule has 1 aliphatic rings. The van der Waals surface area contributed by atoms with Crippen LogP contribution in [0.3, 0.4) is 0 Å². The van der Waals surface area contributed by atoms with Crippen molar-refractivity contribution in [2.75, 3.05) is 5.32 Å². The molecule has 82 valence electrons. The summed E-state index contributed by atoms with van der Waals surface area (Å²) in [5.74, 6) is 0.644. The Kier molecular flexibility index (Phi) is 3.49. The molecule has 0 aliphatic heterocycles. The summed E-state index contributed by atoms with van der Waals surface area (Å²) < 4.78 is 0.852. The number of hydrogen-bond donors (Lipinski definition) is 2. The SMILES string of the molecule is OC1CCCC1Nc1ncc(Br)cc1Cl. The normalized spacial score (nSPS) is 25.5. The third-order valence-corrected chi connectivity index (χ3v) is 3.33. The van der Waals surface area contributed by atoms with E-state index < -0.39 is 0 Å². The maximum atomic E-state index is 9.65. The van der Waals surface area contributed by atoms with Crippen LogP contribution in [0.1, 0.15) is 19.3 Å². The van der Waals surface area contributed by atoms with E-state index in [2.05, 4.69) is 26.2 Å². The van der Waals surface area contributed by atoms with E-state index in [0.29, 0.717) is 10.8 Å². The van der Waals surface area contributed by atoms with E-state index in [1.165, 1.54) is 0 Å². The predicted molar refractivity (Wildman–Crippen MR) is 64.2 cm³/mol. The zero-order valence-corrected chi connectivity index (χ0v) is 10.4. The van der Waals surface area contributed by atoms with Crippen molar-refractivity contribution in [3.63, 3.8) is 0 Å². The third kappa shape index (κ3) is 2.62. The molecule has 3 nitrogen and oxygen atoms in total. The van der Waals surface area contributed by atoms with E-state index in [4.69, 9.17) is 11.6 Å². The summed E-state index contributed by atoms with van der Waals surface area (Å²) in [6.07, 6.45) is 4.27. The first-order valence-electron chi connectivity index (χ1n) is 4.92. The Hall–Kier alpha value is -0.320. The number of aliphatic hydroxyl groups excluding tert-OH is 1. The molecule has 0 saturated heterocycles. The zero-order valence-electron chi connectivity index (χ0n) is 8.08. The third-order valence-electron chi connectivity index (χ3n) is 2.61. The van der Waals surface area contributed by atoms with Crippen LogP contribution < -0.4 is 5.32 Å². The minimum Gasteiger partial charge on any atom is -0.391 e. The maximum Gasteiger partial charge on any atom is 0.145 e. The minimum absolute atomic E-state index is 0.0798. The molecule has 2 unspecified atom stereocenters. The molecular weight excluding hydrogens is 279 g/mol. The van der Waals surface area contributed by atoms with Crippen LogP contribution >= 0.6 is 27.5 Å². The van der Waals surface area contributed by atoms with Crippen LogP contribution in [-0.2, 0) is 0 Å². The molecule has 0 bridgehead atoms. The van der Waals surface area contributed by atoms with Crippen LogP contribution in [0.25, 0.3) is 0 Å². The summed E-state index contributed by atoms with van der Waals surface area (Å²) in [6.45, 7) is 0. The Morgan fingerprint density at radius 2 is 2.33 bits per heavy atom. The molecule has 0 aromatic carbocycles. The van der Waals surface area contributed by atoms with E-state index >= 15 is 0 Å². The van der Waals surface area contributed by atoms with E-state index in [1.807, 2.05) is 0 Å². The molecule has 2 atom stereocenters. The second-order valence-corrected chi connectivity index (χ2v) is 5.06. The number of aliphatic hydroxyl groups is 1. The van der Waals surface area contributed by atoms with Crippen molar-refractivity contribution in [1.82, 2.24) is 4.98 Å². The van der Waals surface area contributed by atoms with Crippen LogP contribution in [0.4, 0.5) is 5.82 Å². The van der Waals surface area contributed by atoms with Gasteiger partial charge in [-0.3, -0.25) is 0 Å². The molecule has 1 fully saturated rings. The van der Waals surface area contributed by atoms with Crippen LogP contribution in [0.15, 0.2) is 16.7 Å². The molecule has 1 aromatic rings. The van der Waals surface area contributed by atoms with Gasteiger partial charge in [0, 0.05) is 10.7 Å². The van der Waals surface area contributed by atoms with Crippen molar-refractivity contribution < 1.29 is 5.11 Å². The second-order valence-electron chi connectivity index (χ2n) is 3.73. The number of nitrogens with one attached hydrogen (secondary N) is 1. The number of pyridine rings is 1. The molecule has 2 rings (SSSR count). The molecule has 2 N–H and O–H groups in total. The lowest BCUT2D eigenvalue weighted by atomic mass is 10.2. The van der Waals surface area contributed by atoms with Gasteiger partial charge in [0.2, 0.25) is 0 Å². The molecule has 1 saturated carbocycles. The molecule has 1 aromatic heterocycles. The first-order valence-corrected chi connectivity index (χ1v) is 6.09. The van der Waals surface area contributed by atoms with Gasteiger partial charge in [-0.2, -0.15) is 0 Å². The summed E-state index contributed by atoms with van der Waals surface area (Å²) in [7, 11) is 0. The van der Waals surface area contributed by atoms with Crippen molar-refractivity contribution in [2.45, 2.75) is 31.4 Å².